The van der Waals surface area contributed by atoms with Crippen LogP contribution in [0.2, 0.25) is 0 Å². The third-order valence-electron chi connectivity index (χ3n) is 4.36. The molecule has 114 valence electrons. The summed E-state index contributed by atoms with van der Waals surface area (Å²) in [5, 5.41) is 3.53. The lowest BCUT2D eigenvalue weighted by molar-refractivity contribution is 0.333. The van der Waals surface area contributed by atoms with Gasteiger partial charge in [0.15, 0.2) is 0 Å². The first-order valence-corrected chi connectivity index (χ1v) is 7.96. The molecule has 0 aliphatic rings. The zero-order chi connectivity index (χ0) is 15.0. The second-order valence-corrected chi connectivity index (χ2v) is 5.70. The number of benzene rings is 1. The minimum Gasteiger partial charge on any atom is -0.497 e. The van der Waals surface area contributed by atoms with E-state index < -0.39 is 0 Å². The summed E-state index contributed by atoms with van der Waals surface area (Å²) in [6, 6.07) is 7.07. The molecule has 0 saturated carbocycles. The van der Waals surface area contributed by atoms with E-state index in [9.17, 15) is 0 Å². The van der Waals surface area contributed by atoms with Crippen LogP contribution in [-0.2, 0) is 6.42 Å². The van der Waals surface area contributed by atoms with Crippen molar-refractivity contribution in [1.29, 1.82) is 0 Å². The summed E-state index contributed by atoms with van der Waals surface area (Å²) in [4.78, 5) is 0. The van der Waals surface area contributed by atoms with Crippen LogP contribution < -0.4 is 10.1 Å². The van der Waals surface area contributed by atoms with Crippen molar-refractivity contribution in [3.8, 4) is 5.75 Å². The summed E-state index contributed by atoms with van der Waals surface area (Å²) >= 11 is 0. The van der Waals surface area contributed by atoms with Crippen LogP contribution in [0.25, 0.3) is 0 Å². The standard InChI is InChI=1S/C18H31NO/c1-6-8-9-18(19-4)15(7-2)13-16-10-11-17(20-5)12-14(16)3/h10-12,15,18-19H,6-9,13H2,1-5H3/t15-,18?/m0/s1. The number of ether oxygens (including phenoxy) is 1. The predicted octanol–water partition coefficient (Wildman–Crippen LogP) is 4.35. The molecule has 0 amide bonds. The summed E-state index contributed by atoms with van der Waals surface area (Å²) in [6.45, 7) is 6.76. The van der Waals surface area contributed by atoms with Crippen LogP contribution >= 0.6 is 0 Å². The molecule has 0 bridgehead atoms. The lowest BCUT2D eigenvalue weighted by atomic mass is 9.86. The maximum absolute atomic E-state index is 5.29. The van der Waals surface area contributed by atoms with Gasteiger partial charge in [0.1, 0.15) is 5.75 Å². The van der Waals surface area contributed by atoms with Gasteiger partial charge in [-0.25, -0.2) is 0 Å². The molecule has 2 heteroatoms. The van der Waals surface area contributed by atoms with Crippen molar-refractivity contribution in [1.82, 2.24) is 5.32 Å². The highest BCUT2D eigenvalue weighted by Gasteiger charge is 2.19. The van der Waals surface area contributed by atoms with Crippen LogP contribution in [0.5, 0.6) is 5.75 Å². The Morgan fingerprint density at radius 1 is 1.25 bits per heavy atom. The number of hydrogen-bond acceptors (Lipinski definition) is 2. The lowest BCUT2D eigenvalue weighted by Gasteiger charge is -2.26. The maximum atomic E-state index is 5.29. The van der Waals surface area contributed by atoms with E-state index in [0.29, 0.717) is 12.0 Å². The molecule has 0 aliphatic carbocycles. The summed E-state index contributed by atoms with van der Waals surface area (Å²) in [5.74, 6) is 1.66. The van der Waals surface area contributed by atoms with Gasteiger partial charge in [0, 0.05) is 6.04 Å². The highest BCUT2D eigenvalue weighted by atomic mass is 16.5. The van der Waals surface area contributed by atoms with Crippen molar-refractivity contribution in [2.24, 2.45) is 5.92 Å². The van der Waals surface area contributed by atoms with Crippen LogP contribution in [0.15, 0.2) is 18.2 Å². The molecule has 1 unspecified atom stereocenters. The Balaban J connectivity index is 2.76. The highest BCUT2D eigenvalue weighted by molar-refractivity contribution is 5.35. The molecular formula is C18H31NO. The Labute approximate surface area is 124 Å². The summed E-state index contributed by atoms with van der Waals surface area (Å²) in [6.07, 6.45) is 6.24. The average molecular weight is 277 g/mol. The molecular weight excluding hydrogens is 246 g/mol. The molecule has 1 aromatic rings. The Hall–Kier alpha value is -1.02. The second-order valence-electron chi connectivity index (χ2n) is 5.70. The first kappa shape index (κ1) is 17.0. The van der Waals surface area contributed by atoms with Crippen molar-refractivity contribution >= 4 is 0 Å². The Morgan fingerprint density at radius 3 is 2.50 bits per heavy atom. The van der Waals surface area contributed by atoms with E-state index in [1.165, 1.54) is 36.8 Å². The second kappa shape index (κ2) is 9.02. The molecule has 0 heterocycles. The van der Waals surface area contributed by atoms with Gasteiger partial charge in [-0.15, -0.1) is 0 Å². The molecule has 20 heavy (non-hydrogen) atoms. The number of rotatable bonds is 9. The smallest absolute Gasteiger partial charge is 0.119 e. The van der Waals surface area contributed by atoms with Crippen molar-refractivity contribution < 1.29 is 4.74 Å². The summed E-state index contributed by atoms with van der Waals surface area (Å²) in [7, 11) is 3.83. The van der Waals surface area contributed by atoms with Gasteiger partial charge in [-0.3, -0.25) is 0 Å². The predicted molar refractivity (Wildman–Crippen MR) is 87.6 cm³/mol. The van der Waals surface area contributed by atoms with Crippen LogP contribution in [-0.4, -0.2) is 20.2 Å². The minimum absolute atomic E-state index is 0.626. The molecule has 1 aromatic carbocycles. The third-order valence-corrected chi connectivity index (χ3v) is 4.36. The molecule has 2 nitrogen and oxygen atoms in total. The molecule has 1 N–H and O–H groups in total. The van der Waals surface area contributed by atoms with Gasteiger partial charge in [0.25, 0.3) is 0 Å². The first-order chi connectivity index (χ1) is 9.65. The van der Waals surface area contributed by atoms with Gasteiger partial charge in [-0.05, 0) is 56.0 Å². The molecule has 0 radical (unpaired) electrons. The van der Waals surface area contributed by atoms with Gasteiger partial charge in [-0.2, -0.15) is 0 Å². The normalized spacial score (nSPS) is 14.1. The molecule has 0 fully saturated rings. The van der Waals surface area contributed by atoms with E-state index in [2.05, 4.69) is 51.3 Å². The zero-order valence-corrected chi connectivity index (χ0v) is 13.8. The van der Waals surface area contributed by atoms with Crippen LogP contribution in [0.1, 0.15) is 50.7 Å². The highest BCUT2D eigenvalue weighted by Crippen LogP contribution is 2.24. The zero-order valence-electron chi connectivity index (χ0n) is 13.8. The summed E-state index contributed by atoms with van der Waals surface area (Å²) < 4.78 is 5.29. The van der Waals surface area contributed by atoms with Crippen LogP contribution in [0.4, 0.5) is 0 Å². The number of hydrogen-bond donors (Lipinski definition) is 1. The topological polar surface area (TPSA) is 21.3 Å². The van der Waals surface area contributed by atoms with Gasteiger partial charge < -0.3 is 10.1 Å². The molecule has 1 rings (SSSR count). The number of methoxy groups -OCH3 is 1. The van der Waals surface area contributed by atoms with Crippen LogP contribution in [0, 0.1) is 12.8 Å². The van der Waals surface area contributed by atoms with E-state index in [4.69, 9.17) is 4.74 Å². The fraction of sp³-hybridized carbons (Fsp3) is 0.667. The SMILES string of the molecule is CCCCC(NC)[C@@H](CC)Cc1ccc(OC)cc1C. The van der Waals surface area contributed by atoms with Gasteiger partial charge in [-0.1, -0.05) is 39.2 Å². The van der Waals surface area contributed by atoms with Gasteiger partial charge in [0.2, 0.25) is 0 Å². The van der Waals surface area contributed by atoms with Crippen molar-refractivity contribution in [2.45, 2.75) is 58.9 Å². The van der Waals surface area contributed by atoms with E-state index >= 15 is 0 Å². The molecule has 0 saturated heterocycles. The molecule has 0 spiro atoms. The Bertz CT molecular complexity index is 389. The quantitative estimate of drug-likeness (QED) is 0.724. The molecule has 2 atom stereocenters. The third kappa shape index (κ3) is 4.82. The van der Waals surface area contributed by atoms with Crippen molar-refractivity contribution in [3.63, 3.8) is 0 Å². The fourth-order valence-corrected chi connectivity index (χ4v) is 2.92. The van der Waals surface area contributed by atoms with Gasteiger partial charge >= 0.3 is 0 Å². The van der Waals surface area contributed by atoms with Crippen molar-refractivity contribution in [3.05, 3.63) is 29.3 Å². The van der Waals surface area contributed by atoms with Crippen LogP contribution in [0.3, 0.4) is 0 Å². The van der Waals surface area contributed by atoms with E-state index in [1.54, 1.807) is 7.11 Å². The average Bonchev–Trinajstić information content (AvgIpc) is 2.48. The van der Waals surface area contributed by atoms with E-state index in [-0.39, 0.29) is 0 Å². The van der Waals surface area contributed by atoms with E-state index in [0.717, 1.165) is 12.2 Å². The number of nitrogens with one attached hydrogen (secondary N) is 1. The molecule has 0 aliphatic heterocycles. The maximum Gasteiger partial charge on any atom is 0.119 e. The van der Waals surface area contributed by atoms with Gasteiger partial charge in [0.05, 0.1) is 7.11 Å². The fourth-order valence-electron chi connectivity index (χ4n) is 2.92. The Morgan fingerprint density at radius 2 is 2.00 bits per heavy atom. The first-order valence-electron chi connectivity index (χ1n) is 7.96. The monoisotopic (exact) mass is 277 g/mol. The Kier molecular flexibility index (Phi) is 7.68. The van der Waals surface area contributed by atoms with Crippen molar-refractivity contribution in [2.75, 3.05) is 14.2 Å². The number of aryl methyl sites for hydroxylation is 1. The molecule has 0 aromatic heterocycles. The largest absolute Gasteiger partial charge is 0.497 e. The summed E-state index contributed by atoms with van der Waals surface area (Å²) in [5.41, 5.74) is 2.79. The minimum atomic E-state index is 0.626. The number of unbranched alkanes of at least 4 members (excludes halogenated alkanes) is 1. The van der Waals surface area contributed by atoms with E-state index in [1.807, 2.05) is 0 Å². The lowest BCUT2D eigenvalue weighted by Crippen LogP contribution is -2.34.